The molecule has 0 bridgehead atoms. The minimum Gasteiger partial charge on any atom is -0.493 e. The van der Waals surface area contributed by atoms with Crippen molar-refractivity contribution in [3.05, 3.63) is 59.8 Å². The standard InChI is InChI=1S/C22H22F3N3O2/c1-29-20-10-15(18-12-27-21(28-18)14-4-2-3-5-14)6-9-19(20)30-13-17-8-7-16(11-26-17)22(23,24)25/h6-12,14H,2-5,13H2,1H3,(H,27,28). The van der Waals surface area contributed by atoms with Crippen LogP contribution in [-0.4, -0.2) is 22.1 Å². The van der Waals surface area contributed by atoms with Crippen molar-refractivity contribution < 1.29 is 22.6 Å². The molecule has 0 atom stereocenters. The molecule has 8 heteroatoms. The second kappa shape index (κ2) is 8.38. The fourth-order valence-electron chi connectivity index (χ4n) is 3.67. The van der Waals surface area contributed by atoms with Gasteiger partial charge in [0.2, 0.25) is 0 Å². The third kappa shape index (κ3) is 4.42. The van der Waals surface area contributed by atoms with Gasteiger partial charge in [-0.3, -0.25) is 4.98 Å². The average Bonchev–Trinajstić information content (AvgIpc) is 3.43. The summed E-state index contributed by atoms with van der Waals surface area (Å²) in [6.07, 6.45) is 3.12. The van der Waals surface area contributed by atoms with E-state index in [-0.39, 0.29) is 6.61 Å². The highest BCUT2D eigenvalue weighted by Crippen LogP contribution is 2.36. The number of nitrogens with one attached hydrogen (secondary N) is 1. The van der Waals surface area contributed by atoms with E-state index in [0.717, 1.165) is 29.3 Å². The topological polar surface area (TPSA) is 60.0 Å². The van der Waals surface area contributed by atoms with Gasteiger partial charge in [-0.25, -0.2) is 4.98 Å². The van der Waals surface area contributed by atoms with Crippen LogP contribution < -0.4 is 9.47 Å². The number of hydrogen-bond donors (Lipinski definition) is 1. The third-order valence-electron chi connectivity index (χ3n) is 5.33. The molecule has 0 amide bonds. The fraction of sp³-hybridized carbons (Fsp3) is 0.364. The molecule has 30 heavy (non-hydrogen) atoms. The van der Waals surface area contributed by atoms with Crippen molar-refractivity contribution in [2.75, 3.05) is 7.11 Å². The number of imidazole rings is 1. The number of benzene rings is 1. The number of hydrogen-bond acceptors (Lipinski definition) is 4. The molecule has 1 N–H and O–H groups in total. The first kappa shape index (κ1) is 20.3. The lowest BCUT2D eigenvalue weighted by atomic mass is 10.1. The van der Waals surface area contributed by atoms with Gasteiger partial charge in [-0.15, -0.1) is 0 Å². The molecule has 5 nitrogen and oxygen atoms in total. The van der Waals surface area contributed by atoms with Gasteiger partial charge in [0.1, 0.15) is 12.4 Å². The van der Waals surface area contributed by atoms with E-state index < -0.39 is 11.7 Å². The van der Waals surface area contributed by atoms with Gasteiger partial charge >= 0.3 is 6.18 Å². The van der Waals surface area contributed by atoms with Crippen molar-refractivity contribution in [1.29, 1.82) is 0 Å². The van der Waals surface area contributed by atoms with Crippen molar-refractivity contribution in [2.45, 2.75) is 44.4 Å². The number of H-pyrrole nitrogens is 1. The first-order valence-corrected chi connectivity index (χ1v) is 9.82. The monoisotopic (exact) mass is 417 g/mol. The maximum absolute atomic E-state index is 12.6. The second-order valence-electron chi connectivity index (χ2n) is 7.34. The van der Waals surface area contributed by atoms with Crippen LogP contribution in [0.25, 0.3) is 11.3 Å². The summed E-state index contributed by atoms with van der Waals surface area (Å²) in [6.45, 7) is 0.0298. The molecule has 2 heterocycles. The molecule has 0 aliphatic heterocycles. The molecule has 1 aromatic carbocycles. The van der Waals surface area contributed by atoms with Crippen molar-refractivity contribution in [3.8, 4) is 22.8 Å². The Kier molecular flexibility index (Phi) is 5.65. The molecule has 1 fully saturated rings. The largest absolute Gasteiger partial charge is 0.493 e. The smallest absolute Gasteiger partial charge is 0.417 e. The van der Waals surface area contributed by atoms with Crippen LogP contribution in [0.4, 0.5) is 13.2 Å². The van der Waals surface area contributed by atoms with Crippen LogP contribution in [-0.2, 0) is 12.8 Å². The molecule has 1 aliphatic carbocycles. The Morgan fingerprint density at radius 3 is 2.57 bits per heavy atom. The minimum atomic E-state index is -4.41. The van der Waals surface area contributed by atoms with Gasteiger partial charge in [-0.1, -0.05) is 12.8 Å². The minimum absolute atomic E-state index is 0.0298. The number of aromatic amines is 1. The summed E-state index contributed by atoms with van der Waals surface area (Å²) in [5, 5.41) is 0. The van der Waals surface area contributed by atoms with Gasteiger partial charge in [0.15, 0.2) is 11.5 Å². The molecule has 3 aromatic rings. The van der Waals surface area contributed by atoms with Gasteiger partial charge in [0.25, 0.3) is 0 Å². The molecule has 4 rings (SSSR count). The number of methoxy groups -OCH3 is 1. The molecule has 0 radical (unpaired) electrons. The van der Waals surface area contributed by atoms with E-state index in [9.17, 15) is 13.2 Å². The van der Waals surface area contributed by atoms with Gasteiger partial charge in [-0.2, -0.15) is 13.2 Å². The van der Waals surface area contributed by atoms with Gasteiger partial charge in [0, 0.05) is 23.9 Å². The summed E-state index contributed by atoms with van der Waals surface area (Å²) in [6, 6.07) is 7.78. The van der Waals surface area contributed by atoms with Gasteiger partial charge in [0.05, 0.1) is 24.1 Å². The lowest BCUT2D eigenvalue weighted by Crippen LogP contribution is -2.07. The molecule has 158 valence electrons. The highest BCUT2D eigenvalue weighted by molar-refractivity contribution is 5.63. The predicted octanol–water partition coefficient (Wildman–Crippen LogP) is 5.74. The number of ether oxygens (including phenoxy) is 2. The Bertz CT molecular complexity index is 994. The maximum atomic E-state index is 12.6. The first-order valence-electron chi connectivity index (χ1n) is 9.82. The molecule has 0 spiro atoms. The van der Waals surface area contributed by atoms with E-state index in [4.69, 9.17) is 14.5 Å². The molecule has 1 aliphatic rings. The number of pyridine rings is 1. The Morgan fingerprint density at radius 1 is 1.10 bits per heavy atom. The second-order valence-corrected chi connectivity index (χ2v) is 7.34. The zero-order valence-corrected chi connectivity index (χ0v) is 16.5. The zero-order chi connectivity index (χ0) is 21.1. The SMILES string of the molecule is COc1cc(-c2c[nH]c(C3CCCC3)n2)ccc1OCc1ccc(C(F)(F)F)cn1. The van der Waals surface area contributed by atoms with E-state index >= 15 is 0 Å². The van der Waals surface area contributed by atoms with E-state index in [2.05, 4.69) is 9.97 Å². The average molecular weight is 417 g/mol. The first-order chi connectivity index (χ1) is 14.4. The zero-order valence-electron chi connectivity index (χ0n) is 16.5. The molecule has 2 aromatic heterocycles. The summed E-state index contributed by atoms with van der Waals surface area (Å²) >= 11 is 0. The van der Waals surface area contributed by atoms with Crippen molar-refractivity contribution >= 4 is 0 Å². The molecule has 1 saturated carbocycles. The van der Waals surface area contributed by atoms with E-state index in [0.29, 0.717) is 23.1 Å². The number of alkyl halides is 3. The molecular formula is C22H22F3N3O2. The highest BCUT2D eigenvalue weighted by Gasteiger charge is 2.30. The Labute approximate surface area is 172 Å². The summed E-state index contributed by atoms with van der Waals surface area (Å²) in [4.78, 5) is 11.8. The normalized spacial score (nSPS) is 14.8. The number of aromatic nitrogens is 3. The third-order valence-corrected chi connectivity index (χ3v) is 5.33. The van der Waals surface area contributed by atoms with E-state index in [1.807, 2.05) is 18.3 Å². The number of nitrogens with zero attached hydrogens (tertiary/aromatic N) is 2. The van der Waals surface area contributed by atoms with Crippen LogP contribution >= 0.6 is 0 Å². The fourth-order valence-corrected chi connectivity index (χ4v) is 3.67. The Morgan fingerprint density at radius 2 is 1.90 bits per heavy atom. The van der Waals surface area contributed by atoms with Gasteiger partial charge in [-0.05, 0) is 43.2 Å². The molecule has 0 unspecified atom stereocenters. The number of halogens is 3. The Hall–Kier alpha value is -3.03. The quantitative estimate of drug-likeness (QED) is 0.556. The maximum Gasteiger partial charge on any atom is 0.417 e. The lowest BCUT2D eigenvalue weighted by Gasteiger charge is -2.12. The lowest BCUT2D eigenvalue weighted by molar-refractivity contribution is -0.137. The van der Waals surface area contributed by atoms with Crippen LogP contribution in [0.5, 0.6) is 11.5 Å². The van der Waals surface area contributed by atoms with Crippen molar-refractivity contribution in [2.24, 2.45) is 0 Å². The highest BCUT2D eigenvalue weighted by atomic mass is 19.4. The number of rotatable bonds is 6. The van der Waals surface area contributed by atoms with Crippen LogP contribution in [0.1, 0.15) is 48.7 Å². The summed E-state index contributed by atoms with van der Waals surface area (Å²) < 4.78 is 49.1. The van der Waals surface area contributed by atoms with Crippen molar-refractivity contribution in [1.82, 2.24) is 15.0 Å². The van der Waals surface area contributed by atoms with Crippen LogP contribution in [0.3, 0.4) is 0 Å². The van der Waals surface area contributed by atoms with Crippen LogP contribution in [0.15, 0.2) is 42.7 Å². The van der Waals surface area contributed by atoms with Gasteiger partial charge < -0.3 is 14.5 Å². The summed E-state index contributed by atoms with van der Waals surface area (Å²) in [5.41, 5.74) is 1.34. The Balaban J connectivity index is 1.46. The predicted molar refractivity (Wildman–Crippen MR) is 105 cm³/mol. The summed E-state index contributed by atoms with van der Waals surface area (Å²) in [5.74, 6) is 2.52. The van der Waals surface area contributed by atoms with E-state index in [1.54, 1.807) is 6.07 Å². The van der Waals surface area contributed by atoms with Crippen LogP contribution in [0, 0.1) is 0 Å². The van der Waals surface area contributed by atoms with Crippen LogP contribution in [0.2, 0.25) is 0 Å². The molecule has 0 saturated heterocycles. The van der Waals surface area contributed by atoms with E-state index in [1.165, 1.54) is 38.9 Å². The summed E-state index contributed by atoms with van der Waals surface area (Å²) in [7, 11) is 1.54. The van der Waals surface area contributed by atoms with Crippen molar-refractivity contribution in [3.63, 3.8) is 0 Å². The molecular weight excluding hydrogens is 395 g/mol.